The monoisotopic (exact) mass is 187 g/mol. The SMILES string of the molecule is CCN(C)C(=O)N(C)CCCNC. The summed E-state index contributed by atoms with van der Waals surface area (Å²) in [5, 5.41) is 3.05. The van der Waals surface area contributed by atoms with Gasteiger partial charge in [-0.25, -0.2) is 4.79 Å². The van der Waals surface area contributed by atoms with Crippen molar-refractivity contribution in [2.45, 2.75) is 13.3 Å². The number of hydrogen-bond acceptors (Lipinski definition) is 2. The van der Waals surface area contributed by atoms with Crippen molar-refractivity contribution in [3.63, 3.8) is 0 Å². The minimum Gasteiger partial charge on any atom is -0.328 e. The van der Waals surface area contributed by atoms with Crippen LogP contribution < -0.4 is 5.32 Å². The molecule has 0 aromatic rings. The van der Waals surface area contributed by atoms with Crippen LogP contribution in [-0.4, -0.2) is 56.6 Å². The average molecular weight is 187 g/mol. The highest BCUT2D eigenvalue weighted by Crippen LogP contribution is 1.94. The van der Waals surface area contributed by atoms with Gasteiger partial charge in [-0.1, -0.05) is 0 Å². The van der Waals surface area contributed by atoms with Crippen molar-refractivity contribution in [1.82, 2.24) is 15.1 Å². The second-order valence-corrected chi connectivity index (χ2v) is 3.18. The number of carbonyl (C=O) groups is 1. The Morgan fingerprint density at radius 1 is 1.31 bits per heavy atom. The highest BCUT2D eigenvalue weighted by atomic mass is 16.2. The number of amides is 2. The van der Waals surface area contributed by atoms with Crippen molar-refractivity contribution in [3.8, 4) is 0 Å². The van der Waals surface area contributed by atoms with Crippen LogP contribution in [0.15, 0.2) is 0 Å². The van der Waals surface area contributed by atoms with Gasteiger partial charge in [0.05, 0.1) is 0 Å². The van der Waals surface area contributed by atoms with Crippen LogP contribution in [0.4, 0.5) is 4.79 Å². The first kappa shape index (κ1) is 12.2. The first-order valence-electron chi connectivity index (χ1n) is 4.74. The van der Waals surface area contributed by atoms with Gasteiger partial charge in [-0.3, -0.25) is 0 Å². The molecule has 0 heterocycles. The lowest BCUT2D eigenvalue weighted by Crippen LogP contribution is -2.39. The average Bonchev–Trinajstić information content (AvgIpc) is 2.15. The zero-order valence-corrected chi connectivity index (χ0v) is 9.13. The van der Waals surface area contributed by atoms with Crippen LogP contribution in [0.1, 0.15) is 13.3 Å². The Balaban J connectivity index is 3.69. The molecule has 78 valence electrons. The third kappa shape index (κ3) is 4.72. The molecule has 0 atom stereocenters. The summed E-state index contributed by atoms with van der Waals surface area (Å²) in [6.45, 7) is 4.49. The molecule has 0 aliphatic carbocycles. The summed E-state index contributed by atoms with van der Waals surface area (Å²) >= 11 is 0. The number of rotatable bonds is 5. The third-order valence-electron chi connectivity index (χ3n) is 2.05. The first-order chi connectivity index (χ1) is 6.13. The molecule has 0 aliphatic heterocycles. The fourth-order valence-electron chi connectivity index (χ4n) is 1.02. The van der Waals surface area contributed by atoms with E-state index in [1.165, 1.54) is 0 Å². The van der Waals surface area contributed by atoms with E-state index in [1.54, 1.807) is 9.80 Å². The normalized spacial score (nSPS) is 9.85. The second-order valence-electron chi connectivity index (χ2n) is 3.18. The highest BCUT2D eigenvalue weighted by molar-refractivity contribution is 5.73. The smallest absolute Gasteiger partial charge is 0.319 e. The minimum atomic E-state index is 0.0959. The third-order valence-corrected chi connectivity index (χ3v) is 2.05. The van der Waals surface area contributed by atoms with Gasteiger partial charge in [-0.2, -0.15) is 0 Å². The van der Waals surface area contributed by atoms with Gasteiger partial charge in [0.2, 0.25) is 0 Å². The largest absolute Gasteiger partial charge is 0.328 e. The molecule has 4 heteroatoms. The topological polar surface area (TPSA) is 35.6 Å². The molecule has 0 unspecified atom stereocenters. The van der Waals surface area contributed by atoms with E-state index in [9.17, 15) is 4.79 Å². The molecule has 0 aliphatic rings. The number of hydrogen-bond donors (Lipinski definition) is 1. The van der Waals surface area contributed by atoms with Gasteiger partial charge in [0.1, 0.15) is 0 Å². The van der Waals surface area contributed by atoms with Crippen molar-refractivity contribution >= 4 is 6.03 Å². The minimum absolute atomic E-state index is 0.0959. The number of nitrogens with zero attached hydrogens (tertiary/aromatic N) is 2. The second kappa shape index (κ2) is 6.71. The quantitative estimate of drug-likeness (QED) is 0.640. The number of carbonyl (C=O) groups excluding carboxylic acids is 1. The summed E-state index contributed by atoms with van der Waals surface area (Å²) in [5.74, 6) is 0. The lowest BCUT2D eigenvalue weighted by molar-refractivity contribution is 0.175. The zero-order valence-electron chi connectivity index (χ0n) is 9.13. The molecule has 0 aromatic carbocycles. The summed E-state index contributed by atoms with van der Waals surface area (Å²) in [5.41, 5.74) is 0. The molecule has 0 rings (SSSR count). The van der Waals surface area contributed by atoms with E-state index in [-0.39, 0.29) is 6.03 Å². The Kier molecular flexibility index (Phi) is 6.32. The van der Waals surface area contributed by atoms with Crippen molar-refractivity contribution < 1.29 is 4.79 Å². The fraction of sp³-hybridized carbons (Fsp3) is 0.889. The Morgan fingerprint density at radius 2 is 1.92 bits per heavy atom. The van der Waals surface area contributed by atoms with Crippen LogP contribution in [0.2, 0.25) is 0 Å². The first-order valence-corrected chi connectivity index (χ1v) is 4.74. The predicted molar refractivity (Wildman–Crippen MR) is 54.9 cm³/mol. The van der Waals surface area contributed by atoms with E-state index in [0.29, 0.717) is 0 Å². The molecule has 4 nitrogen and oxygen atoms in total. The van der Waals surface area contributed by atoms with Crippen molar-refractivity contribution in [1.29, 1.82) is 0 Å². The lowest BCUT2D eigenvalue weighted by atomic mass is 10.4. The Labute approximate surface area is 80.9 Å². The van der Waals surface area contributed by atoms with E-state index in [4.69, 9.17) is 0 Å². The van der Waals surface area contributed by atoms with Gasteiger partial charge < -0.3 is 15.1 Å². The molecule has 2 amide bonds. The van der Waals surface area contributed by atoms with Crippen LogP contribution in [0, 0.1) is 0 Å². The van der Waals surface area contributed by atoms with Gasteiger partial charge in [-0.05, 0) is 26.9 Å². The molecule has 0 saturated heterocycles. The maximum atomic E-state index is 11.5. The summed E-state index contributed by atoms with van der Waals surface area (Å²) in [4.78, 5) is 15.0. The summed E-state index contributed by atoms with van der Waals surface area (Å²) in [7, 11) is 5.57. The van der Waals surface area contributed by atoms with Crippen LogP contribution in [0.5, 0.6) is 0 Å². The molecule has 0 fully saturated rings. The molecule has 0 saturated carbocycles. The Hall–Kier alpha value is -0.770. The Morgan fingerprint density at radius 3 is 2.38 bits per heavy atom. The van der Waals surface area contributed by atoms with Gasteiger partial charge in [0.15, 0.2) is 0 Å². The lowest BCUT2D eigenvalue weighted by Gasteiger charge is -2.23. The molecule has 0 aromatic heterocycles. The van der Waals surface area contributed by atoms with Gasteiger partial charge >= 0.3 is 6.03 Å². The number of urea groups is 1. The summed E-state index contributed by atoms with van der Waals surface area (Å²) in [6.07, 6.45) is 0.996. The molecule has 0 spiro atoms. The molecule has 13 heavy (non-hydrogen) atoms. The van der Waals surface area contributed by atoms with Crippen LogP contribution in [0.3, 0.4) is 0 Å². The zero-order chi connectivity index (χ0) is 10.3. The summed E-state index contributed by atoms with van der Waals surface area (Å²) in [6, 6.07) is 0.0959. The Bertz CT molecular complexity index is 150. The summed E-state index contributed by atoms with van der Waals surface area (Å²) < 4.78 is 0. The van der Waals surface area contributed by atoms with Gasteiger partial charge in [-0.15, -0.1) is 0 Å². The van der Waals surface area contributed by atoms with E-state index < -0.39 is 0 Å². The number of nitrogens with one attached hydrogen (secondary N) is 1. The van der Waals surface area contributed by atoms with E-state index >= 15 is 0 Å². The van der Waals surface area contributed by atoms with Crippen molar-refractivity contribution in [3.05, 3.63) is 0 Å². The van der Waals surface area contributed by atoms with Crippen LogP contribution >= 0.6 is 0 Å². The molecule has 1 N–H and O–H groups in total. The predicted octanol–water partition coefficient (Wildman–Crippen LogP) is 0.599. The van der Waals surface area contributed by atoms with Gasteiger partial charge in [0, 0.05) is 27.2 Å². The molecular weight excluding hydrogens is 166 g/mol. The standard InChI is InChI=1S/C9H21N3O/c1-5-11(3)9(13)12(4)8-6-7-10-2/h10H,5-8H2,1-4H3. The van der Waals surface area contributed by atoms with Crippen LogP contribution in [-0.2, 0) is 0 Å². The van der Waals surface area contributed by atoms with E-state index in [0.717, 1.165) is 26.1 Å². The highest BCUT2D eigenvalue weighted by Gasteiger charge is 2.10. The fourth-order valence-corrected chi connectivity index (χ4v) is 1.02. The maximum absolute atomic E-state index is 11.5. The van der Waals surface area contributed by atoms with E-state index in [2.05, 4.69) is 5.32 Å². The van der Waals surface area contributed by atoms with Crippen molar-refractivity contribution in [2.75, 3.05) is 40.8 Å². The van der Waals surface area contributed by atoms with Crippen LogP contribution in [0.25, 0.3) is 0 Å². The van der Waals surface area contributed by atoms with Crippen molar-refractivity contribution in [2.24, 2.45) is 0 Å². The molecular formula is C9H21N3O. The molecule has 0 radical (unpaired) electrons. The maximum Gasteiger partial charge on any atom is 0.319 e. The van der Waals surface area contributed by atoms with Gasteiger partial charge in [0.25, 0.3) is 0 Å². The van der Waals surface area contributed by atoms with E-state index in [1.807, 2.05) is 28.1 Å². The molecule has 0 bridgehead atoms.